The topological polar surface area (TPSA) is 92.8 Å². The Labute approximate surface area is 148 Å². The van der Waals surface area contributed by atoms with E-state index in [0.29, 0.717) is 17.6 Å². The molecule has 0 fully saturated rings. The van der Waals surface area contributed by atoms with Crippen molar-refractivity contribution in [2.45, 2.75) is 78.0 Å². The zero-order valence-corrected chi connectivity index (χ0v) is 16.3. The summed E-state index contributed by atoms with van der Waals surface area (Å²) >= 11 is 0. The number of amides is 3. The van der Waals surface area contributed by atoms with E-state index in [-0.39, 0.29) is 18.9 Å². The van der Waals surface area contributed by atoms with E-state index in [0.717, 1.165) is 0 Å². The molecule has 10 heteroatoms. The standard InChI is InChI=1S/C15H28F2N2O5S/c1-7-8-9-12(24-25(6,22)23)15(16,17)13(20)19(11(4)5)14(21)18-10(2)3/h10-12H,7-9H2,1-6H3,(H,18,21). The van der Waals surface area contributed by atoms with Crippen molar-refractivity contribution in [3.8, 4) is 0 Å². The lowest BCUT2D eigenvalue weighted by molar-refractivity contribution is -0.170. The average Bonchev–Trinajstić information content (AvgIpc) is 2.40. The monoisotopic (exact) mass is 386 g/mol. The predicted octanol–water partition coefficient (Wildman–Crippen LogP) is 2.51. The van der Waals surface area contributed by atoms with Crippen molar-refractivity contribution >= 4 is 22.1 Å². The van der Waals surface area contributed by atoms with Crippen LogP contribution in [-0.4, -0.2) is 55.6 Å². The molecule has 1 atom stereocenters. The van der Waals surface area contributed by atoms with E-state index in [1.54, 1.807) is 20.8 Å². The first kappa shape index (κ1) is 23.7. The highest BCUT2D eigenvalue weighted by molar-refractivity contribution is 7.86. The molecule has 0 bridgehead atoms. The number of hydrogen-bond donors (Lipinski definition) is 1. The van der Waals surface area contributed by atoms with Gasteiger partial charge in [-0.05, 0) is 34.1 Å². The third-order valence-electron chi connectivity index (χ3n) is 3.17. The molecule has 25 heavy (non-hydrogen) atoms. The second-order valence-electron chi connectivity index (χ2n) is 6.43. The van der Waals surface area contributed by atoms with Crippen LogP contribution in [-0.2, 0) is 19.1 Å². The molecular formula is C15H28F2N2O5S. The Morgan fingerprint density at radius 2 is 1.72 bits per heavy atom. The average molecular weight is 386 g/mol. The van der Waals surface area contributed by atoms with Crippen LogP contribution >= 0.6 is 0 Å². The molecule has 0 aromatic carbocycles. The molecule has 1 N–H and O–H groups in total. The summed E-state index contributed by atoms with van der Waals surface area (Å²) in [5, 5.41) is 2.38. The number of urea groups is 1. The quantitative estimate of drug-likeness (QED) is 0.615. The fourth-order valence-corrected chi connectivity index (χ4v) is 2.71. The summed E-state index contributed by atoms with van der Waals surface area (Å²) in [5.41, 5.74) is 0. The van der Waals surface area contributed by atoms with Crippen LogP contribution in [0.4, 0.5) is 13.6 Å². The van der Waals surface area contributed by atoms with Gasteiger partial charge in [-0.2, -0.15) is 17.2 Å². The summed E-state index contributed by atoms with van der Waals surface area (Å²) in [5.74, 6) is -5.96. The van der Waals surface area contributed by atoms with Crippen molar-refractivity contribution in [3.05, 3.63) is 0 Å². The number of imide groups is 1. The van der Waals surface area contributed by atoms with Gasteiger partial charge in [0, 0.05) is 12.1 Å². The van der Waals surface area contributed by atoms with Crippen molar-refractivity contribution < 1.29 is 31.0 Å². The molecule has 0 radical (unpaired) electrons. The number of halogens is 2. The molecule has 3 amide bonds. The first-order valence-electron chi connectivity index (χ1n) is 8.14. The molecule has 0 saturated carbocycles. The molecule has 0 aliphatic heterocycles. The Kier molecular flexibility index (Phi) is 8.93. The summed E-state index contributed by atoms with van der Waals surface area (Å²) < 4.78 is 56.4. The van der Waals surface area contributed by atoms with Gasteiger partial charge in [0.15, 0.2) is 0 Å². The van der Waals surface area contributed by atoms with Crippen molar-refractivity contribution in [3.63, 3.8) is 0 Å². The first-order chi connectivity index (χ1) is 11.2. The van der Waals surface area contributed by atoms with Crippen molar-refractivity contribution in [2.24, 2.45) is 0 Å². The van der Waals surface area contributed by atoms with E-state index >= 15 is 0 Å². The minimum absolute atomic E-state index is 0.239. The van der Waals surface area contributed by atoms with Crippen molar-refractivity contribution in [1.82, 2.24) is 10.2 Å². The molecule has 0 aromatic rings. The highest BCUT2D eigenvalue weighted by atomic mass is 32.2. The summed E-state index contributed by atoms with van der Waals surface area (Å²) in [6.45, 7) is 7.79. The number of nitrogens with zero attached hydrogens (tertiary/aromatic N) is 1. The zero-order chi connectivity index (χ0) is 20.0. The number of alkyl halides is 2. The highest BCUT2D eigenvalue weighted by Gasteiger charge is 2.53. The Hall–Kier alpha value is -1.29. The van der Waals surface area contributed by atoms with Gasteiger partial charge in [0.2, 0.25) is 0 Å². The molecule has 0 aliphatic carbocycles. The van der Waals surface area contributed by atoms with Crippen LogP contribution in [0, 0.1) is 0 Å². The number of nitrogens with one attached hydrogen (secondary N) is 1. The van der Waals surface area contributed by atoms with E-state index in [2.05, 4.69) is 9.50 Å². The number of carbonyl (C=O) groups is 2. The van der Waals surface area contributed by atoms with Gasteiger partial charge >= 0.3 is 17.9 Å². The Balaban J connectivity index is 5.68. The third-order valence-corrected chi connectivity index (χ3v) is 3.75. The Bertz CT molecular complexity index is 564. The fraction of sp³-hybridized carbons (Fsp3) is 0.867. The van der Waals surface area contributed by atoms with E-state index in [4.69, 9.17) is 0 Å². The van der Waals surface area contributed by atoms with Crippen molar-refractivity contribution in [2.75, 3.05) is 6.26 Å². The first-order valence-corrected chi connectivity index (χ1v) is 9.95. The van der Waals surface area contributed by atoms with Gasteiger partial charge in [-0.15, -0.1) is 0 Å². The number of rotatable bonds is 9. The maximum atomic E-state index is 14.7. The van der Waals surface area contributed by atoms with Crippen LogP contribution in [0.5, 0.6) is 0 Å². The number of carbonyl (C=O) groups excluding carboxylic acids is 2. The number of unbranched alkanes of at least 4 members (excludes halogenated alkanes) is 1. The van der Waals surface area contributed by atoms with E-state index in [1.165, 1.54) is 13.8 Å². The molecule has 0 saturated heterocycles. The Morgan fingerprint density at radius 1 is 1.20 bits per heavy atom. The van der Waals surface area contributed by atoms with Gasteiger partial charge in [-0.25, -0.2) is 4.79 Å². The van der Waals surface area contributed by atoms with Crippen LogP contribution in [0.15, 0.2) is 0 Å². The second kappa shape index (κ2) is 9.42. The van der Waals surface area contributed by atoms with E-state index in [9.17, 15) is 26.8 Å². The van der Waals surface area contributed by atoms with Gasteiger partial charge in [0.1, 0.15) is 6.10 Å². The van der Waals surface area contributed by atoms with Gasteiger partial charge in [-0.3, -0.25) is 13.9 Å². The summed E-state index contributed by atoms with van der Waals surface area (Å²) in [4.78, 5) is 24.9. The maximum Gasteiger partial charge on any atom is 0.352 e. The van der Waals surface area contributed by atoms with Crippen molar-refractivity contribution in [1.29, 1.82) is 0 Å². The molecule has 0 rings (SSSR count). The minimum atomic E-state index is -4.21. The third kappa shape index (κ3) is 7.64. The van der Waals surface area contributed by atoms with Crippen LogP contribution in [0.3, 0.4) is 0 Å². The number of hydrogen-bond acceptors (Lipinski definition) is 5. The van der Waals surface area contributed by atoms with Gasteiger partial charge in [-0.1, -0.05) is 19.8 Å². The molecule has 1 unspecified atom stereocenters. The maximum absolute atomic E-state index is 14.7. The van der Waals surface area contributed by atoms with E-state index in [1.807, 2.05) is 0 Å². The minimum Gasteiger partial charge on any atom is -0.335 e. The molecule has 0 aliphatic rings. The van der Waals surface area contributed by atoms with E-state index < -0.39 is 40.1 Å². The smallest absolute Gasteiger partial charge is 0.335 e. The predicted molar refractivity (Wildman–Crippen MR) is 89.8 cm³/mol. The lowest BCUT2D eigenvalue weighted by atomic mass is 10.0. The van der Waals surface area contributed by atoms with Crippen LogP contribution in [0.2, 0.25) is 0 Å². The van der Waals surface area contributed by atoms with Crippen LogP contribution < -0.4 is 5.32 Å². The van der Waals surface area contributed by atoms with Crippen LogP contribution in [0.1, 0.15) is 53.9 Å². The summed E-state index contributed by atoms with van der Waals surface area (Å²) in [7, 11) is -4.21. The molecule has 0 heterocycles. The van der Waals surface area contributed by atoms with Gasteiger partial charge in [0.05, 0.1) is 6.26 Å². The molecule has 148 valence electrons. The highest BCUT2D eigenvalue weighted by Crippen LogP contribution is 2.30. The van der Waals surface area contributed by atoms with Gasteiger partial charge < -0.3 is 5.32 Å². The fourth-order valence-electron chi connectivity index (χ4n) is 2.07. The molecule has 0 aromatic heterocycles. The largest absolute Gasteiger partial charge is 0.352 e. The lowest BCUT2D eigenvalue weighted by Gasteiger charge is -2.32. The van der Waals surface area contributed by atoms with Gasteiger partial charge in [0.25, 0.3) is 10.1 Å². The molecular weight excluding hydrogens is 358 g/mol. The summed E-state index contributed by atoms with van der Waals surface area (Å²) in [6, 6.07) is -2.18. The zero-order valence-electron chi connectivity index (χ0n) is 15.5. The molecule has 7 nitrogen and oxygen atoms in total. The normalized spacial score (nSPS) is 13.8. The molecule has 0 spiro atoms. The second-order valence-corrected chi connectivity index (χ2v) is 8.03. The lowest BCUT2D eigenvalue weighted by Crippen LogP contribution is -2.58. The summed E-state index contributed by atoms with van der Waals surface area (Å²) in [6.07, 6.45) is -1.11. The SMILES string of the molecule is CCCCC(OS(C)(=O)=O)C(F)(F)C(=O)N(C(=O)NC(C)C)C(C)C. The Morgan fingerprint density at radius 3 is 2.08 bits per heavy atom. The van der Waals surface area contributed by atoms with Crippen LogP contribution in [0.25, 0.3) is 0 Å².